The van der Waals surface area contributed by atoms with Gasteiger partial charge < -0.3 is 5.32 Å². The van der Waals surface area contributed by atoms with Gasteiger partial charge >= 0.3 is 0 Å². The van der Waals surface area contributed by atoms with Crippen molar-refractivity contribution < 1.29 is 0 Å². The zero-order valence-corrected chi connectivity index (χ0v) is 12.7. The Kier molecular flexibility index (Phi) is 3.87. The highest BCUT2D eigenvalue weighted by Crippen LogP contribution is 2.14. The molecule has 0 atom stereocenters. The highest BCUT2D eigenvalue weighted by atomic mass is 32.1. The highest BCUT2D eigenvalue weighted by molar-refractivity contribution is 7.15. The minimum Gasteiger partial charge on any atom is -0.314 e. The van der Waals surface area contributed by atoms with Crippen LogP contribution in [-0.2, 0) is 6.54 Å². The maximum atomic E-state index is 12.2. The van der Waals surface area contributed by atoms with Gasteiger partial charge in [0.05, 0.1) is 5.69 Å². The first-order valence-electron chi connectivity index (χ1n) is 7.10. The molecule has 0 aromatic carbocycles. The number of hydrogen-bond donors (Lipinski definition) is 1. The lowest BCUT2D eigenvalue weighted by molar-refractivity contribution is 0.136. The van der Waals surface area contributed by atoms with Gasteiger partial charge in [-0.15, -0.1) is 11.3 Å². The molecular formula is C14H20N4OS. The maximum absolute atomic E-state index is 12.2. The number of thiazole rings is 1. The van der Waals surface area contributed by atoms with Crippen LogP contribution in [0.15, 0.2) is 16.2 Å². The number of rotatable bonds is 5. The summed E-state index contributed by atoms with van der Waals surface area (Å²) in [7, 11) is 0. The molecule has 20 heavy (non-hydrogen) atoms. The lowest BCUT2D eigenvalue weighted by Crippen LogP contribution is -2.57. The molecule has 3 rings (SSSR count). The molecule has 0 unspecified atom stereocenters. The Morgan fingerprint density at radius 1 is 1.55 bits per heavy atom. The fourth-order valence-corrected chi connectivity index (χ4v) is 3.49. The van der Waals surface area contributed by atoms with Crippen LogP contribution in [0, 0.1) is 6.92 Å². The van der Waals surface area contributed by atoms with Crippen LogP contribution in [0.3, 0.4) is 0 Å². The second kappa shape index (κ2) is 5.63. The van der Waals surface area contributed by atoms with Gasteiger partial charge in [-0.2, -0.15) is 0 Å². The second-order valence-electron chi connectivity index (χ2n) is 5.36. The Balaban J connectivity index is 1.87. The summed E-state index contributed by atoms with van der Waals surface area (Å²) in [4.78, 5) is 20.0. The van der Waals surface area contributed by atoms with Crippen molar-refractivity contribution in [3.8, 4) is 0 Å². The molecule has 2 aromatic heterocycles. The smallest absolute Gasteiger partial charge is 0.259 e. The predicted molar refractivity (Wildman–Crippen MR) is 81.4 cm³/mol. The summed E-state index contributed by atoms with van der Waals surface area (Å²) in [5.74, 6) is 0. The fourth-order valence-electron chi connectivity index (χ4n) is 2.60. The zero-order valence-electron chi connectivity index (χ0n) is 11.9. The monoisotopic (exact) mass is 292 g/mol. The van der Waals surface area contributed by atoms with E-state index in [1.807, 2.05) is 12.3 Å². The van der Waals surface area contributed by atoms with Gasteiger partial charge in [0.15, 0.2) is 4.96 Å². The molecule has 1 aliphatic rings. The first-order chi connectivity index (χ1) is 9.69. The molecule has 0 amide bonds. The fraction of sp³-hybridized carbons (Fsp3) is 0.571. The normalized spacial score (nSPS) is 15.9. The summed E-state index contributed by atoms with van der Waals surface area (Å²) in [5.41, 5.74) is 1.88. The first-order valence-corrected chi connectivity index (χ1v) is 7.98. The molecule has 1 aliphatic heterocycles. The number of aromatic nitrogens is 2. The summed E-state index contributed by atoms with van der Waals surface area (Å²) in [6, 6.07) is 2.27. The van der Waals surface area contributed by atoms with E-state index in [4.69, 9.17) is 0 Å². The van der Waals surface area contributed by atoms with E-state index >= 15 is 0 Å². The van der Waals surface area contributed by atoms with Crippen LogP contribution in [0.1, 0.15) is 24.7 Å². The van der Waals surface area contributed by atoms with Crippen LogP contribution < -0.4 is 10.9 Å². The molecule has 0 radical (unpaired) electrons. The summed E-state index contributed by atoms with van der Waals surface area (Å²) in [6.45, 7) is 8.03. The number of fused-ring (bicyclic) bond motifs is 1. The molecule has 3 heterocycles. The van der Waals surface area contributed by atoms with Crippen molar-refractivity contribution in [3.63, 3.8) is 0 Å². The average molecular weight is 292 g/mol. The van der Waals surface area contributed by atoms with E-state index in [0.29, 0.717) is 6.04 Å². The molecule has 0 aliphatic carbocycles. The summed E-state index contributed by atoms with van der Waals surface area (Å²) in [6.07, 6.45) is 1.12. The van der Waals surface area contributed by atoms with Gasteiger partial charge in [0.2, 0.25) is 0 Å². The SMILES string of the molecule is CCCN(Cc1cc(=O)n2c(C)csc2n1)C1CNC1. The topological polar surface area (TPSA) is 49.6 Å². The highest BCUT2D eigenvalue weighted by Gasteiger charge is 2.24. The molecule has 0 spiro atoms. The zero-order chi connectivity index (χ0) is 14.1. The summed E-state index contributed by atoms with van der Waals surface area (Å²) in [5, 5.41) is 5.28. The Bertz CT molecular complexity index is 659. The van der Waals surface area contributed by atoms with Gasteiger partial charge in [0.1, 0.15) is 0 Å². The predicted octanol–water partition coefficient (Wildman–Crippen LogP) is 1.25. The van der Waals surface area contributed by atoms with Crippen molar-refractivity contribution in [1.82, 2.24) is 19.6 Å². The Hall–Kier alpha value is -1.24. The molecule has 0 bridgehead atoms. The van der Waals surface area contributed by atoms with Crippen molar-refractivity contribution in [2.24, 2.45) is 0 Å². The molecule has 5 nitrogen and oxygen atoms in total. The quantitative estimate of drug-likeness (QED) is 0.901. The van der Waals surface area contributed by atoms with Crippen LogP contribution in [0.25, 0.3) is 4.96 Å². The minimum absolute atomic E-state index is 0.0342. The van der Waals surface area contributed by atoms with E-state index in [0.717, 1.165) is 48.9 Å². The molecule has 6 heteroatoms. The van der Waals surface area contributed by atoms with Gasteiger partial charge in [-0.3, -0.25) is 14.1 Å². The molecule has 108 valence electrons. The number of nitrogens with one attached hydrogen (secondary N) is 1. The van der Waals surface area contributed by atoms with Gasteiger partial charge in [-0.05, 0) is 19.9 Å². The number of hydrogen-bond acceptors (Lipinski definition) is 5. The molecule has 0 saturated carbocycles. The van der Waals surface area contributed by atoms with E-state index < -0.39 is 0 Å². The van der Waals surface area contributed by atoms with E-state index in [9.17, 15) is 4.79 Å². The number of nitrogens with zero attached hydrogens (tertiary/aromatic N) is 3. The largest absolute Gasteiger partial charge is 0.314 e. The van der Waals surface area contributed by atoms with Gasteiger partial charge in [0.25, 0.3) is 5.56 Å². The van der Waals surface area contributed by atoms with Gasteiger partial charge in [-0.1, -0.05) is 6.92 Å². The average Bonchev–Trinajstić information content (AvgIpc) is 2.69. The van der Waals surface area contributed by atoms with E-state index in [1.165, 1.54) is 11.3 Å². The third kappa shape index (κ3) is 2.51. The Morgan fingerprint density at radius 2 is 2.35 bits per heavy atom. The summed E-state index contributed by atoms with van der Waals surface area (Å²) < 4.78 is 1.68. The molecule has 1 N–H and O–H groups in total. The summed E-state index contributed by atoms with van der Waals surface area (Å²) >= 11 is 1.53. The Labute approximate surface area is 122 Å². The third-order valence-corrected chi connectivity index (χ3v) is 4.72. The van der Waals surface area contributed by atoms with Gasteiger partial charge in [-0.25, -0.2) is 4.98 Å². The van der Waals surface area contributed by atoms with Crippen LogP contribution in [0.4, 0.5) is 0 Å². The third-order valence-electron chi connectivity index (χ3n) is 3.78. The van der Waals surface area contributed by atoms with Crippen molar-refractivity contribution in [2.75, 3.05) is 19.6 Å². The molecule has 1 fully saturated rings. The van der Waals surface area contributed by atoms with Crippen molar-refractivity contribution in [1.29, 1.82) is 0 Å². The van der Waals surface area contributed by atoms with Gasteiger partial charge in [0, 0.05) is 42.8 Å². The maximum Gasteiger partial charge on any atom is 0.259 e. The van der Waals surface area contributed by atoms with Crippen molar-refractivity contribution in [2.45, 2.75) is 32.9 Å². The van der Waals surface area contributed by atoms with Crippen LogP contribution >= 0.6 is 11.3 Å². The minimum atomic E-state index is 0.0342. The lowest BCUT2D eigenvalue weighted by atomic mass is 10.1. The molecule has 2 aromatic rings. The number of aryl methyl sites for hydroxylation is 1. The first kappa shape index (κ1) is 13.7. The van der Waals surface area contributed by atoms with Crippen molar-refractivity contribution >= 4 is 16.3 Å². The molecule has 1 saturated heterocycles. The lowest BCUT2D eigenvalue weighted by Gasteiger charge is -2.37. The van der Waals surface area contributed by atoms with Crippen LogP contribution in [-0.4, -0.2) is 40.0 Å². The van der Waals surface area contributed by atoms with E-state index in [2.05, 4.69) is 22.1 Å². The van der Waals surface area contributed by atoms with Crippen molar-refractivity contribution in [3.05, 3.63) is 33.2 Å². The standard InChI is InChI=1S/C14H20N4OS/c1-3-4-17(12-6-15-7-12)8-11-5-13(19)18-10(2)9-20-14(18)16-11/h5,9,12,15H,3-4,6-8H2,1-2H3. The van der Waals surface area contributed by atoms with E-state index in [1.54, 1.807) is 10.5 Å². The molecular weight excluding hydrogens is 272 g/mol. The van der Waals surface area contributed by atoms with Crippen LogP contribution in [0.5, 0.6) is 0 Å². The second-order valence-corrected chi connectivity index (χ2v) is 6.20. The van der Waals surface area contributed by atoms with E-state index in [-0.39, 0.29) is 5.56 Å². The Morgan fingerprint density at radius 3 is 3.00 bits per heavy atom. The van der Waals surface area contributed by atoms with Crippen LogP contribution in [0.2, 0.25) is 0 Å².